The molecule has 0 heterocycles. The van der Waals surface area contributed by atoms with Gasteiger partial charge in [-0.25, -0.2) is 0 Å². The Labute approximate surface area is 120 Å². The number of hydrogen-bond donors (Lipinski definition) is 1. The van der Waals surface area contributed by atoms with Crippen LogP contribution >= 0.6 is 15.9 Å². The number of nitrogens with one attached hydrogen (secondary N) is 1. The summed E-state index contributed by atoms with van der Waals surface area (Å²) in [5, 5.41) is 14.4. The Morgan fingerprint density at radius 1 is 1.53 bits per heavy atom. The van der Waals surface area contributed by atoms with Crippen molar-refractivity contribution in [2.24, 2.45) is 0 Å². The molecule has 0 spiro atoms. The maximum Gasteiger partial charge on any atom is 0.273 e. The van der Waals surface area contributed by atoms with Gasteiger partial charge in [-0.15, -0.1) is 0 Å². The minimum atomic E-state index is -0.341. The third kappa shape index (κ3) is 3.52. The van der Waals surface area contributed by atoms with Gasteiger partial charge in [0.05, 0.1) is 11.0 Å². The van der Waals surface area contributed by atoms with Crippen molar-refractivity contribution in [3.05, 3.63) is 38.3 Å². The van der Waals surface area contributed by atoms with E-state index in [0.29, 0.717) is 12.1 Å². The lowest BCUT2D eigenvalue weighted by molar-refractivity contribution is -0.385. The molecule has 1 aromatic carbocycles. The van der Waals surface area contributed by atoms with Crippen molar-refractivity contribution < 1.29 is 9.66 Å². The van der Waals surface area contributed by atoms with E-state index in [2.05, 4.69) is 21.2 Å². The summed E-state index contributed by atoms with van der Waals surface area (Å²) in [6.07, 6.45) is 3.46. The van der Waals surface area contributed by atoms with Crippen LogP contribution < -0.4 is 5.32 Å². The molecular formula is C13H17BrN2O3. The zero-order valence-electron chi connectivity index (χ0n) is 10.8. The highest BCUT2D eigenvalue weighted by Crippen LogP contribution is 2.25. The van der Waals surface area contributed by atoms with Gasteiger partial charge in [-0.05, 0) is 31.4 Å². The Kier molecular flexibility index (Phi) is 4.90. The highest BCUT2D eigenvalue weighted by atomic mass is 79.9. The number of ether oxygens (including phenoxy) is 1. The molecule has 0 aliphatic heterocycles. The van der Waals surface area contributed by atoms with Gasteiger partial charge in [0.15, 0.2) is 0 Å². The van der Waals surface area contributed by atoms with E-state index in [-0.39, 0.29) is 22.8 Å². The lowest BCUT2D eigenvalue weighted by atomic mass is 10.1. The molecule has 2 unspecified atom stereocenters. The Balaban J connectivity index is 2.06. The first-order chi connectivity index (χ1) is 9.11. The number of benzene rings is 1. The number of nitro groups is 1. The van der Waals surface area contributed by atoms with Gasteiger partial charge in [-0.1, -0.05) is 15.9 Å². The number of nitrogens with zero attached hydrogens (tertiary/aromatic N) is 1. The molecule has 1 saturated carbocycles. The van der Waals surface area contributed by atoms with Crippen molar-refractivity contribution in [1.82, 2.24) is 5.32 Å². The average Bonchev–Trinajstić information content (AvgIpc) is 2.83. The van der Waals surface area contributed by atoms with Crippen molar-refractivity contribution in [3.63, 3.8) is 0 Å². The molecule has 0 bridgehead atoms. The summed E-state index contributed by atoms with van der Waals surface area (Å²) in [4.78, 5) is 10.6. The minimum Gasteiger partial charge on any atom is -0.380 e. The van der Waals surface area contributed by atoms with E-state index in [1.165, 1.54) is 6.07 Å². The highest BCUT2D eigenvalue weighted by Gasteiger charge is 2.27. The molecule has 6 heteroatoms. The number of rotatable bonds is 5. The predicted octanol–water partition coefficient (Wildman–Crippen LogP) is 3.01. The number of methoxy groups -OCH3 is 1. The number of halogens is 1. The Morgan fingerprint density at radius 2 is 2.32 bits per heavy atom. The zero-order valence-corrected chi connectivity index (χ0v) is 12.4. The van der Waals surface area contributed by atoms with Crippen molar-refractivity contribution in [2.75, 3.05) is 7.11 Å². The molecule has 1 aromatic rings. The first-order valence-electron chi connectivity index (χ1n) is 6.31. The third-order valence-corrected chi connectivity index (χ3v) is 4.04. The van der Waals surface area contributed by atoms with Crippen LogP contribution in [0.15, 0.2) is 22.7 Å². The van der Waals surface area contributed by atoms with E-state index in [1.54, 1.807) is 19.2 Å². The van der Waals surface area contributed by atoms with Gasteiger partial charge in [0.2, 0.25) is 0 Å². The second-order valence-electron chi connectivity index (χ2n) is 4.72. The van der Waals surface area contributed by atoms with Crippen molar-refractivity contribution in [3.8, 4) is 0 Å². The summed E-state index contributed by atoms with van der Waals surface area (Å²) in [5.74, 6) is 0. The van der Waals surface area contributed by atoms with Gasteiger partial charge >= 0.3 is 0 Å². The van der Waals surface area contributed by atoms with Gasteiger partial charge in [0.25, 0.3) is 5.69 Å². The van der Waals surface area contributed by atoms with E-state index >= 15 is 0 Å². The first-order valence-corrected chi connectivity index (χ1v) is 7.10. The predicted molar refractivity (Wildman–Crippen MR) is 76.1 cm³/mol. The first kappa shape index (κ1) is 14.4. The summed E-state index contributed by atoms with van der Waals surface area (Å²) in [6, 6.07) is 5.30. The average molecular weight is 329 g/mol. The monoisotopic (exact) mass is 328 g/mol. The standard InChI is InChI=1S/C13H17BrN2O3/c1-19-13-4-2-3-11(13)15-8-9-7-10(14)5-6-12(9)16(17)18/h5-7,11,13,15H,2-4,8H2,1H3. The van der Waals surface area contributed by atoms with Crippen molar-refractivity contribution >= 4 is 21.6 Å². The van der Waals surface area contributed by atoms with Crippen LogP contribution in [0.5, 0.6) is 0 Å². The van der Waals surface area contributed by atoms with E-state index in [0.717, 1.165) is 23.7 Å². The Hall–Kier alpha value is -0.980. The van der Waals surface area contributed by atoms with Gasteiger partial charge < -0.3 is 10.1 Å². The molecule has 0 radical (unpaired) electrons. The van der Waals surface area contributed by atoms with Crippen LogP contribution in [0.2, 0.25) is 0 Å². The van der Waals surface area contributed by atoms with Gasteiger partial charge in [-0.2, -0.15) is 0 Å². The van der Waals surface area contributed by atoms with Crippen molar-refractivity contribution in [2.45, 2.75) is 38.0 Å². The highest BCUT2D eigenvalue weighted by molar-refractivity contribution is 9.10. The van der Waals surface area contributed by atoms with Gasteiger partial charge in [0.1, 0.15) is 0 Å². The molecule has 5 nitrogen and oxygen atoms in total. The quantitative estimate of drug-likeness (QED) is 0.666. The van der Waals surface area contributed by atoms with Crippen LogP contribution in [-0.4, -0.2) is 24.2 Å². The maximum absolute atomic E-state index is 11.0. The molecule has 1 aliphatic carbocycles. The van der Waals surface area contributed by atoms with E-state index in [4.69, 9.17) is 4.74 Å². The molecule has 2 atom stereocenters. The molecule has 1 fully saturated rings. The molecule has 0 saturated heterocycles. The van der Waals surface area contributed by atoms with Gasteiger partial charge in [0, 0.05) is 35.8 Å². The van der Waals surface area contributed by atoms with E-state index in [9.17, 15) is 10.1 Å². The Morgan fingerprint density at radius 3 is 3.00 bits per heavy atom. The number of hydrogen-bond acceptors (Lipinski definition) is 4. The summed E-state index contributed by atoms with van der Waals surface area (Å²) < 4.78 is 6.26. The molecule has 0 aromatic heterocycles. The lowest BCUT2D eigenvalue weighted by Gasteiger charge is -2.19. The molecule has 2 rings (SSSR count). The molecule has 1 aliphatic rings. The fraction of sp³-hybridized carbons (Fsp3) is 0.538. The summed E-state index contributed by atoms with van der Waals surface area (Å²) in [5.41, 5.74) is 0.851. The second-order valence-corrected chi connectivity index (χ2v) is 5.64. The SMILES string of the molecule is COC1CCCC1NCc1cc(Br)ccc1[N+](=O)[O-]. The van der Waals surface area contributed by atoms with E-state index < -0.39 is 0 Å². The van der Waals surface area contributed by atoms with E-state index in [1.807, 2.05) is 0 Å². The normalized spacial score (nSPS) is 22.6. The summed E-state index contributed by atoms with van der Waals surface area (Å²) in [6.45, 7) is 0.486. The van der Waals surface area contributed by atoms with Crippen LogP contribution in [0.3, 0.4) is 0 Å². The zero-order chi connectivity index (χ0) is 13.8. The number of nitro benzene ring substituents is 1. The molecule has 104 valence electrons. The van der Waals surface area contributed by atoms with Gasteiger partial charge in [-0.3, -0.25) is 10.1 Å². The summed E-state index contributed by atoms with van der Waals surface area (Å²) >= 11 is 3.35. The van der Waals surface area contributed by atoms with Crippen LogP contribution in [0, 0.1) is 10.1 Å². The summed E-state index contributed by atoms with van der Waals surface area (Å²) in [7, 11) is 1.71. The topological polar surface area (TPSA) is 64.4 Å². The van der Waals surface area contributed by atoms with Crippen LogP contribution in [-0.2, 0) is 11.3 Å². The second kappa shape index (κ2) is 6.45. The van der Waals surface area contributed by atoms with Crippen LogP contribution in [0.1, 0.15) is 24.8 Å². The maximum atomic E-state index is 11.0. The van der Waals surface area contributed by atoms with Crippen LogP contribution in [0.25, 0.3) is 0 Å². The fourth-order valence-electron chi connectivity index (χ4n) is 2.56. The molecule has 0 amide bonds. The third-order valence-electron chi connectivity index (χ3n) is 3.55. The lowest BCUT2D eigenvalue weighted by Crippen LogP contribution is -2.36. The molecule has 19 heavy (non-hydrogen) atoms. The largest absolute Gasteiger partial charge is 0.380 e. The Bertz CT molecular complexity index is 467. The molecule has 1 N–H and O–H groups in total. The molecular weight excluding hydrogens is 312 g/mol. The van der Waals surface area contributed by atoms with Crippen molar-refractivity contribution in [1.29, 1.82) is 0 Å². The van der Waals surface area contributed by atoms with Crippen LogP contribution in [0.4, 0.5) is 5.69 Å². The minimum absolute atomic E-state index is 0.155. The smallest absolute Gasteiger partial charge is 0.273 e. The fourth-order valence-corrected chi connectivity index (χ4v) is 2.96.